The maximum atomic E-state index is 12.5. The third-order valence-corrected chi connectivity index (χ3v) is 4.04. The quantitative estimate of drug-likeness (QED) is 0.802. The summed E-state index contributed by atoms with van der Waals surface area (Å²) in [6.07, 6.45) is 2.27. The van der Waals surface area contributed by atoms with Gasteiger partial charge in [0.05, 0.1) is 0 Å². The predicted molar refractivity (Wildman–Crippen MR) is 79.5 cm³/mol. The molecule has 1 aromatic rings. The number of hydrogen-bond donors (Lipinski definition) is 2. The fourth-order valence-corrected chi connectivity index (χ4v) is 2.93. The number of fused-ring (bicyclic) bond motifs is 1. The maximum Gasteiger partial charge on any atom is 0.255 e. The first kappa shape index (κ1) is 14.3. The van der Waals surface area contributed by atoms with E-state index in [9.17, 15) is 14.4 Å². The van der Waals surface area contributed by atoms with Crippen molar-refractivity contribution >= 4 is 17.7 Å². The number of nitrogens with one attached hydrogen (secondary N) is 2. The molecular weight excluding hydrogens is 282 g/mol. The number of nitrogens with zero attached hydrogens (tertiary/aromatic N) is 1. The van der Waals surface area contributed by atoms with Crippen LogP contribution in [0.2, 0.25) is 0 Å². The summed E-state index contributed by atoms with van der Waals surface area (Å²) in [5, 5.41) is 5.32. The van der Waals surface area contributed by atoms with Gasteiger partial charge >= 0.3 is 0 Å². The number of rotatable bonds is 4. The van der Waals surface area contributed by atoms with E-state index in [0.29, 0.717) is 25.1 Å². The summed E-state index contributed by atoms with van der Waals surface area (Å²) in [7, 11) is 0. The Hall–Kier alpha value is -2.63. The van der Waals surface area contributed by atoms with Crippen molar-refractivity contribution in [2.45, 2.75) is 32.0 Å². The van der Waals surface area contributed by atoms with Crippen molar-refractivity contribution in [1.82, 2.24) is 15.5 Å². The number of benzene rings is 1. The molecule has 3 rings (SSSR count). The summed E-state index contributed by atoms with van der Waals surface area (Å²) in [4.78, 5) is 37.2. The highest BCUT2D eigenvalue weighted by molar-refractivity contribution is 6.05. The summed E-state index contributed by atoms with van der Waals surface area (Å²) in [6, 6.07) is 5.09. The van der Waals surface area contributed by atoms with Gasteiger partial charge in [-0.05, 0) is 29.8 Å². The van der Waals surface area contributed by atoms with Gasteiger partial charge in [0.1, 0.15) is 6.04 Å². The zero-order chi connectivity index (χ0) is 15.7. The highest BCUT2D eigenvalue weighted by Gasteiger charge is 2.38. The van der Waals surface area contributed by atoms with E-state index < -0.39 is 6.04 Å². The molecule has 1 fully saturated rings. The van der Waals surface area contributed by atoms with E-state index in [1.54, 1.807) is 17.2 Å². The molecule has 0 aromatic heterocycles. The van der Waals surface area contributed by atoms with Crippen LogP contribution in [-0.2, 0) is 22.7 Å². The summed E-state index contributed by atoms with van der Waals surface area (Å²) < 4.78 is 0. The smallest absolute Gasteiger partial charge is 0.255 e. The Morgan fingerprint density at radius 3 is 2.91 bits per heavy atom. The topological polar surface area (TPSA) is 78.5 Å². The number of piperidine rings is 1. The lowest BCUT2D eigenvalue weighted by atomic mass is 10.0. The van der Waals surface area contributed by atoms with E-state index in [-0.39, 0.29) is 24.1 Å². The molecule has 114 valence electrons. The highest BCUT2D eigenvalue weighted by Crippen LogP contribution is 2.28. The number of amides is 3. The number of carbonyl (C=O) groups excluding carboxylic acids is 3. The van der Waals surface area contributed by atoms with Crippen LogP contribution in [0.3, 0.4) is 0 Å². The SMILES string of the molecule is C=CNCc1ccc2c(c1)CN(C1CCC(=O)NC1=O)C2=O. The molecule has 2 aliphatic rings. The molecule has 22 heavy (non-hydrogen) atoms. The third kappa shape index (κ3) is 2.47. The van der Waals surface area contributed by atoms with Crippen LogP contribution in [0.1, 0.15) is 34.3 Å². The Bertz CT molecular complexity index is 669. The second kappa shape index (κ2) is 5.63. The van der Waals surface area contributed by atoms with E-state index in [4.69, 9.17) is 0 Å². The van der Waals surface area contributed by atoms with Crippen LogP contribution in [0.15, 0.2) is 31.0 Å². The molecule has 2 aliphatic heterocycles. The average Bonchev–Trinajstić information content (AvgIpc) is 2.82. The molecule has 1 saturated heterocycles. The van der Waals surface area contributed by atoms with Crippen LogP contribution in [0.5, 0.6) is 0 Å². The molecule has 2 heterocycles. The zero-order valence-corrected chi connectivity index (χ0v) is 12.1. The van der Waals surface area contributed by atoms with Crippen molar-refractivity contribution in [2.24, 2.45) is 0 Å². The van der Waals surface area contributed by atoms with Crippen molar-refractivity contribution in [3.05, 3.63) is 47.7 Å². The number of imide groups is 1. The van der Waals surface area contributed by atoms with Gasteiger partial charge in [-0.1, -0.05) is 18.7 Å². The molecule has 0 radical (unpaired) electrons. The van der Waals surface area contributed by atoms with Gasteiger partial charge in [0, 0.05) is 25.1 Å². The van der Waals surface area contributed by atoms with E-state index in [0.717, 1.165) is 11.1 Å². The van der Waals surface area contributed by atoms with Crippen molar-refractivity contribution in [2.75, 3.05) is 0 Å². The minimum Gasteiger partial charge on any atom is -0.387 e. The molecule has 3 amide bonds. The van der Waals surface area contributed by atoms with Crippen LogP contribution in [0.4, 0.5) is 0 Å². The highest BCUT2D eigenvalue weighted by atomic mass is 16.2. The van der Waals surface area contributed by atoms with Crippen LogP contribution in [-0.4, -0.2) is 28.7 Å². The van der Waals surface area contributed by atoms with E-state index in [1.165, 1.54) is 0 Å². The molecule has 2 N–H and O–H groups in total. The van der Waals surface area contributed by atoms with Gasteiger partial charge in [-0.15, -0.1) is 0 Å². The van der Waals surface area contributed by atoms with Gasteiger partial charge in [0.25, 0.3) is 5.91 Å². The Morgan fingerprint density at radius 1 is 1.36 bits per heavy atom. The summed E-state index contributed by atoms with van der Waals surface area (Å²) >= 11 is 0. The summed E-state index contributed by atoms with van der Waals surface area (Å²) in [5.74, 6) is -0.804. The maximum absolute atomic E-state index is 12.5. The lowest BCUT2D eigenvalue weighted by molar-refractivity contribution is -0.136. The zero-order valence-electron chi connectivity index (χ0n) is 12.1. The molecule has 0 aliphatic carbocycles. The van der Waals surface area contributed by atoms with Crippen LogP contribution in [0.25, 0.3) is 0 Å². The van der Waals surface area contributed by atoms with E-state index >= 15 is 0 Å². The number of carbonyl (C=O) groups is 3. The molecule has 0 saturated carbocycles. The van der Waals surface area contributed by atoms with Crippen molar-refractivity contribution in [3.8, 4) is 0 Å². The normalized spacial score (nSPS) is 20.6. The molecule has 1 aromatic carbocycles. The van der Waals surface area contributed by atoms with Gasteiger partial charge in [-0.3, -0.25) is 19.7 Å². The summed E-state index contributed by atoms with van der Waals surface area (Å²) in [6.45, 7) is 4.65. The van der Waals surface area contributed by atoms with E-state index in [2.05, 4.69) is 17.2 Å². The lowest BCUT2D eigenvalue weighted by Gasteiger charge is -2.29. The monoisotopic (exact) mass is 299 g/mol. The molecule has 1 atom stereocenters. The Kier molecular flexibility index (Phi) is 3.66. The van der Waals surface area contributed by atoms with Gasteiger partial charge in [-0.25, -0.2) is 0 Å². The van der Waals surface area contributed by atoms with E-state index in [1.807, 2.05) is 12.1 Å². The van der Waals surface area contributed by atoms with Gasteiger partial charge in [0.15, 0.2) is 0 Å². The molecule has 6 nitrogen and oxygen atoms in total. The first-order valence-corrected chi connectivity index (χ1v) is 7.21. The second-order valence-corrected chi connectivity index (χ2v) is 5.48. The molecule has 6 heteroatoms. The minimum absolute atomic E-state index is 0.146. The van der Waals surface area contributed by atoms with Crippen LogP contribution >= 0.6 is 0 Å². The molecule has 0 bridgehead atoms. The fourth-order valence-electron chi connectivity index (χ4n) is 2.93. The lowest BCUT2D eigenvalue weighted by Crippen LogP contribution is -2.52. The van der Waals surface area contributed by atoms with Crippen LogP contribution in [0, 0.1) is 0 Å². The van der Waals surface area contributed by atoms with Crippen molar-refractivity contribution in [1.29, 1.82) is 0 Å². The largest absolute Gasteiger partial charge is 0.387 e. The standard InChI is InChI=1S/C16H17N3O3/c1-2-17-8-10-3-4-12-11(7-10)9-19(16(12)22)13-5-6-14(20)18-15(13)21/h2-4,7,13,17H,1,5-6,8-9H2,(H,18,20,21). The minimum atomic E-state index is -0.563. The Balaban J connectivity index is 1.80. The first-order valence-electron chi connectivity index (χ1n) is 7.21. The van der Waals surface area contributed by atoms with Crippen molar-refractivity contribution in [3.63, 3.8) is 0 Å². The predicted octanol–water partition coefficient (Wildman–Crippen LogP) is 0.681. The van der Waals surface area contributed by atoms with Crippen LogP contribution < -0.4 is 10.6 Å². The van der Waals surface area contributed by atoms with Gasteiger partial charge in [-0.2, -0.15) is 0 Å². The van der Waals surface area contributed by atoms with Gasteiger partial charge in [0.2, 0.25) is 11.8 Å². The third-order valence-electron chi connectivity index (χ3n) is 4.04. The van der Waals surface area contributed by atoms with Gasteiger partial charge < -0.3 is 10.2 Å². The first-order chi connectivity index (χ1) is 10.6. The molecule has 1 unspecified atom stereocenters. The molecular formula is C16H17N3O3. The Labute approximate surface area is 128 Å². The van der Waals surface area contributed by atoms with Crippen molar-refractivity contribution < 1.29 is 14.4 Å². The molecule has 0 spiro atoms. The summed E-state index contributed by atoms with van der Waals surface area (Å²) in [5.41, 5.74) is 2.60. The Morgan fingerprint density at radius 2 is 2.18 bits per heavy atom. The fraction of sp³-hybridized carbons (Fsp3) is 0.312. The average molecular weight is 299 g/mol. The number of hydrogen-bond acceptors (Lipinski definition) is 4. The second-order valence-electron chi connectivity index (χ2n) is 5.48.